The first-order chi connectivity index (χ1) is 7.95. The zero-order valence-corrected chi connectivity index (χ0v) is 12.0. The maximum absolute atomic E-state index is 11.8. The van der Waals surface area contributed by atoms with E-state index in [1.54, 1.807) is 13.8 Å². The zero-order chi connectivity index (χ0) is 12.9. The van der Waals surface area contributed by atoms with E-state index in [1.807, 2.05) is 31.2 Å². The van der Waals surface area contributed by atoms with Gasteiger partial charge in [-0.1, -0.05) is 35.0 Å². The Kier molecular flexibility index (Phi) is 5.00. The van der Waals surface area contributed by atoms with E-state index in [-0.39, 0.29) is 5.91 Å². The molecule has 1 N–H and O–H groups in total. The number of halogens is 1. The number of hydrogen-bond acceptors (Lipinski definition) is 2. The molecule has 0 spiro atoms. The van der Waals surface area contributed by atoms with E-state index in [9.17, 15) is 4.79 Å². The van der Waals surface area contributed by atoms with Crippen molar-refractivity contribution in [3.63, 3.8) is 0 Å². The number of amides is 1. The number of carbonyl (C=O) groups is 1. The number of anilines is 1. The Bertz CT molecular complexity index is 385. The third kappa shape index (κ3) is 4.38. The monoisotopic (exact) mass is 299 g/mol. The molecule has 0 fully saturated rings. The number of carbonyl (C=O) groups excluding carboxylic acids is 1. The second-order valence-electron chi connectivity index (χ2n) is 4.27. The van der Waals surface area contributed by atoms with Crippen LogP contribution in [0.5, 0.6) is 5.75 Å². The van der Waals surface area contributed by atoms with Gasteiger partial charge in [0.2, 0.25) is 5.91 Å². The molecule has 0 saturated carbocycles. The lowest BCUT2D eigenvalue weighted by atomic mass is 10.2. The fourth-order valence-corrected chi connectivity index (χ4v) is 1.28. The minimum absolute atomic E-state index is 0.0925. The van der Waals surface area contributed by atoms with Crippen LogP contribution in [0.3, 0.4) is 0 Å². The Balaban J connectivity index is 2.80. The summed E-state index contributed by atoms with van der Waals surface area (Å²) in [5, 5.41) is 2.85. The first-order valence-corrected chi connectivity index (χ1v) is 6.46. The van der Waals surface area contributed by atoms with Crippen molar-refractivity contribution in [2.75, 3.05) is 11.9 Å². The Labute approximate surface area is 111 Å². The molecular formula is C13H18BrNO2. The average molecular weight is 300 g/mol. The van der Waals surface area contributed by atoms with Crippen LogP contribution in [0.25, 0.3) is 0 Å². The van der Waals surface area contributed by atoms with Crippen molar-refractivity contribution >= 4 is 27.5 Å². The second-order valence-corrected chi connectivity index (χ2v) is 6.25. The summed E-state index contributed by atoms with van der Waals surface area (Å²) in [4.78, 5) is 11.8. The van der Waals surface area contributed by atoms with E-state index in [0.29, 0.717) is 18.0 Å². The van der Waals surface area contributed by atoms with Crippen molar-refractivity contribution in [1.29, 1.82) is 0 Å². The van der Waals surface area contributed by atoms with Crippen molar-refractivity contribution < 1.29 is 9.53 Å². The van der Waals surface area contributed by atoms with Gasteiger partial charge < -0.3 is 10.1 Å². The Morgan fingerprint density at radius 2 is 2.06 bits per heavy atom. The summed E-state index contributed by atoms with van der Waals surface area (Å²) in [5.74, 6) is 0.615. The van der Waals surface area contributed by atoms with Gasteiger partial charge in [0.05, 0.1) is 16.6 Å². The molecule has 0 saturated heterocycles. The first-order valence-electron chi connectivity index (χ1n) is 5.67. The molecule has 0 unspecified atom stereocenters. The van der Waals surface area contributed by atoms with Gasteiger partial charge in [-0.3, -0.25) is 4.79 Å². The quantitative estimate of drug-likeness (QED) is 0.844. The fraction of sp³-hybridized carbons (Fsp3) is 0.462. The molecule has 0 aliphatic rings. The number of benzene rings is 1. The normalized spacial score (nSPS) is 11.1. The molecule has 0 aromatic heterocycles. The second kappa shape index (κ2) is 6.05. The van der Waals surface area contributed by atoms with Gasteiger partial charge in [0, 0.05) is 0 Å². The van der Waals surface area contributed by atoms with E-state index in [0.717, 1.165) is 6.42 Å². The van der Waals surface area contributed by atoms with Crippen LogP contribution in [0.1, 0.15) is 27.2 Å². The highest BCUT2D eigenvalue weighted by Gasteiger charge is 2.24. The number of para-hydroxylation sites is 2. The van der Waals surface area contributed by atoms with E-state index < -0.39 is 4.32 Å². The van der Waals surface area contributed by atoms with Gasteiger partial charge in [-0.2, -0.15) is 0 Å². The average Bonchev–Trinajstić information content (AvgIpc) is 2.26. The fourth-order valence-electron chi connectivity index (χ4n) is 1.18. The van der Waals surface area contributed by atoms with Crippen LogP contribution < -0.4 is 10.1 Å². The van der Waals surface area contributed by atoms with Gasteiger partial charge in [-0.15, -0.1) is 0 Å². The molecule has 0 heterocycles. The van der Waals surface area contributed by atoms with Crippen LogP contribution >= 0.6 is 15.9 Å². The third-order valence-corrected chi connectivity index (χ3v) is 2.50. The number of hydrogen-bond donors (Lipinski definition) is 1. The summed E-state index contributed by atoms with van der Waals surface area (Å²) < 4.78 is 4.98. The maximum atomic E-state index is 11.8. The van der Waals surface area contributed by atoms with Gasteiger partial charge in [0.25, 0.3) is 0 Å². The molecule has 17 heavy (non-hydrogen) atoms. The summed E-state index contributed by atoms with van der Waals surface area (Å²) >= 11 is 3.33. The highest BCUT2D eigenvalue weighted by atomic mass is 79.9. The van der Waals surface area contributed by atoms with Gasteiger partial charge >= 0.3 is 0 Å². The molecule has 0 radical (unpaired) electrons. The molecule has 1 rings (SSSR count). The predicted octanol–water partition coefficient (Wildman–Crippen LogP) is 3.59. The van der Waals surface area contributed by atoms with Crippen LogP contribution in [-0.2, 0) is 4.79 Å². The summed E-state index contributed by atoms with van der Waals surface area (Å²) in [7, 11) is 0. The van der Waals surface area contributed by atoms with Crippen molar-refractivity contribution in [1.82, 2.24) is 0 Å². The number of rotatable bonds is 5. The Hall–Kier alpha value is -1.03. The lowest BCUT2D eigenvalue weighted by Gasteiger charge is -2.17. The SMILES string of the molecule is CCCOc1ccccc1NC(=O)C(C)(C)Br. The van der Waals surface area contributed by atoms with Crippen molar-refractivity contribution in [3.05, 3.63) is 24.3 Å². The standard InChI is InChI=1S/C13H18BrNO2/c1-4-9-17-11-8-6-5-7-10(11)15-12(16)13(2,3)14/h5-8H,4,9H2,1-3H3,(H,15,16). The lowest BCUT2D eigenvalue weighted by Crippen LogP contribution is -2.31. The number of nitrogens with one attached hydrogen (secondary N) is 1. The van der Waals surface area contributed by atoms with Crippen molar-refractivity contribution in [2.24, 2.45) is 0 Å². The highest BCUT2D eigenvalue weighted by molar-refractivity contribution is 9.10. The van der Waals surface area contributed by atoms with Crippen molar-refractivity contribution in [2.45, 2.75) is 31.5 Å². The number of alkyl halides is 1. The summed E-state index contributed by atoms with van der Waals surface area (Å²) in [6.07, 6.45) is 0.937. The lowest BCUT2D eigenvalue weighted by molar-refractivity contribution is -0.117. The molecular weight excluding hydrogens is 282 g/mol. The smallest absolute Gasteiger partial charge is 0.240 e. The molecule has 4 heteroatoms. The molecule has 0 atom stereocenters. The number of ether oxygens (including phenoxy) is 1. The summed E-state index contributed by atoms with van der Waals surface area (Å²) in [5.41, 5.74) is 0.707. The van der Waals surface area contributed by atoms with Crippen LogP contribution in [0.4, 0.5) is 5.69 Å². The van der Waals surface area contributed by atoms with Crippen molar-refractivity contribution in [3.8, 4) is 5.75 Å². The molecule has 0 bridgehead atoms. The minimum atomic E-state index is -0.592. The highest BCUT2D eigenvalue weighted by Crippen LogP contribution is 2.26. The predicted molar refractivity (Wildman–Crippen MR) is 73.9 cm³/mol. The third-order valence-electron chi connectivity index (χ3n) is 2.14. The van der Waals surface area contributed by atoms with E-state index in [4.69, 9.17) is 4.74 Å². The summed E-state index contributed by atoms with van der Waals surface area (Å²) in [6, 6.07) is 7.45. The van der Waals surface area contributed by atoms with E-state index in [1.165, 1.54) is 0 Å². The van der Waals surface area contributed by atoms with Gasteiger partial charge in [-0.05, 0) is 32.4 Å². The maximum Gasteiger partial charge on any atom is 0.240 e. The molecule has 0 aliphatic carbocycles. The molecule has 3 nitrogen and oxygen atoms in total. The minimum Gasteiger partial charge on any atom is -0.491 e. The van der Waals surface area contributed by atoms with E-state index >= 15 is 0 Å². The largest absolute Gasteiger partial charge is 0.491 e. The van der Waals surface area contributed by atoms with Crippen LogP contribution in [0.2, 0.25) is 0 Å². The summed E-state index contributed by atoms with van der Waals surface area (Å²) in [6.45, 7) is 6.29. The molecule has 1 amide bonds. The van der Waals surface area contributed by atoms with Crippen LogP contribution in [0, 0.1) is 0 Å². The first kappa shape index (κ1) is 14.0. The molecule has 1 aromatic carbocycles. The zero-order valence-electron chi connectivity index (χ0n) is 10.4. The Morgan fingerprint density at radius 3 is 2.65 bits per heavy atom. The van der Waals surface area contributed by atoms with Gasteiger partial charge in [0.15, 0.2) is 0 Å². The van der Waals surface area contributed by atoms with Crippen LogP contribution in [0.15, 0.2) is 24.3 Å². The van der Waals surface area contributed by atoms with Crippen LogP contribution in [-0.4, -0.2) is 16.8 Å². The van der Waals surface area contributed by atoms with Gasteiger partial charge in [0.1, 0.15) is 5.75 Å². The van der Waals surface area contributed by atoms with E-state index in [2.05, 4.69) is 21.2 Å². The molecule has 94 valence electrons. The Morgan fingerprint density at radius 1 is 1.41 bits per heavy atom. The molecule has 1 aromatic rings. The van der Waals surface area contributed by atoms with Gasteiger partial charge in [-0.25, -0.2) is 0 Å². The molecule has 0 aliphatic heterocycles. The topological polar surface area (TPSA) is 38.3 Å².